The molecule has 0 fully saturated rings. The molecule has 0 aliphatic heterocycles. The van der Waals surface area contributed by atoms with Gasteiger partial charge in [-0.25, -0.2) is 9.55 Å². The number of hydrogen-bond acceptors (Lipinski definition) is 1. The van der Waals surface area contributed by atoms with Crippen LogP contribution in [0.25, 0.3) is 55.5 Å². The Bertz CT molecular complexity index is 2520. The molecule has 248 valence electrons. The molecular weight excluding hydrogens is 625 g/mol. The number of hydrogen-bond donors (Lipinski definition) is 0. The number of benzene rings is 5. The zero-order valence-corrected chi connectivity index (χ0v) is 31.1. The first-order valence-electron chi connectivity index (χ1n) is 17.8. The first-order valence-corrected chi connectivity index (χ1v) is 20.8. The van der Waals surface area contributed by atoms with Crippen LogP contribution in [0, 0.1) is 0 Å². The first kappa shape index (κ1) is 32.0. The second-order valence-corrected chi connectivity index (χ2v) is 19.3. The third kappa shape index (κ3) is 5.19. The first-order chi connectivity index (χ1) is 24.1. The Balaban J connectivity index is 1.29. The molecule has 0 unspecified atom stereocenters. The molecular formula is C45H45N4Si+. The van der Waals surface area contributed by atoms with Crippen LogP contribution in [0.1, 0.15) is 50.7 Å². The number of rotatable bonds is 7. The fourth-order valence-electron chi connectivity index (χ4n) is 7.87. The van der Waals surface area contributed by atoms with Crippen molar-refractivity contribution < 1.29 is 4.57 Å². The molecule has 50 heavy (non-hydrogen) atoms. The molecule has 4 nitrogen and oxygen atoms in total. The topological polar surface area (TPSA) is 26.6 Å². The molecule has 3 aromatic heterocycles. The number of pyridine rings is 1. The number of imidazole rings is 1. The van der Waals surface area contributed by atoms with Crippen LogP contribution in [0.5, 0.6) is 0 Å². The van der Waals surface area contributed by atoms with Crippen molar-refractivity contribution in [1.29, 1.82) is 0 Å². The highest BCUT2D eigenvalue weighted by atomic mass is 28.3. The van der Waals surface area contributed by atoms with Crippen molar-refractivity contribution >= 4 is 51.3 Å². The molecule has 8 aromatic rings. The Hall–Kier alpha value is -5.26. The summed E-state index contributed by atoms with van der Waals surface area (Å²) < 4.78 is 6.90. The fourth-order valence-corrected chi connectivity index (χ4v) is 10.2. The maximum atomic E-state index is 5.05. The Labute approximate surface area is 296 Å². The summed E-state index contributed by atoms with van der Waals surface area (Å²) in [4.78, 5) is 5.05. The van der Waals surface area contributed by atoms with E-state index in [-0.39, 0.29) is 0 Å². The summed E-state index contributed by atoms with van der Waals surface area (Å²) in [5.41, 5.74) is 11.3. The highest BCUT2D eigenvalue weighted by Crippen LogP contribution is 2.38. The van der Waals surface area contributed by atoms with Crippen molar-refractivity contribution in [2.75, 3.05) is 0 Å². The fraction of sp³-hybridized carbons (Fsp3) is 0.200. The van der Waals surface area contributed by atoms with Gasteiger partial charge in [0, 0.05) is 17.0 Å². The number of fused-ring (bicyclic) bond motifs is 4. The predicted molar refractivity (Wildman–Crippen MR) is 213 cm³/mol. The molecule has 0 aliphatic rings. The molecule has 0 atom stereocenters. The largest absolute Gasteiger partial charge is 0.294 e. The minimum atomic E-state index is -2.13. The van der Waals surface area contributed by atoms with Crippen molar-refractivity contribution in [2.24, 2.45) is 7.05 Å². The van der Waals surface area contributed by atoms with Crippen molar-refractivity contribution in [3.05, 3.63) is 145 Å². The number of aromatic nitrogens is 4. The molecule has 0 saturated heterocycles. The van der Waals surface area contributed by atoms with Gasteiger partial charge in [0.2, 0.25) is 6.33 Å². The van der Waals surface area contributed by atoms with Gasteiger partial charge in [0.05, 0.1) is 18.1 Å². The lowest BCUT2D eigenvalue weighted by Gasteiger charge is -2.24. The van der Waals surface area contributed by atoms with E-state index in [1.165, 1.54) is 71.2 Å². The molecule has 0 aliphatic carbocycles. The Morgan fingerprint density at radius 2 is 1.28 bits per heavy atom. The maximum Gasteiger partial charge on any atom is 0.249 e. The number of aryl methyl sites for hydroxylation is 1. The molecule has 3 heterocycles. The van der Waals surface area contributed by atoms with Gasteiger partial charge in [0.15, 0.2) is 11.0 Å². The predicted octanol–water partition coefficient (Wildman–Crippen LogP) is 9.68. The van der Waals surface area contributed by atoms with E-state index in [2.05, 4.69) is 189 Å². The van der Waals surface area contributed by atoms with Gasteiger partial charge < -0.3 is 0 Å². The van der Waals surface area contributed by atoms with E-state index in [4.69, 9.17) is 4.98 Å². The highest BCUT2D eigenvalue weighted by Gasteiger charge is 2.29. The van der Waals surface area contributed by atoms with Gasteiger partial charge in [-0.3, -0.25) is 4.57 Å². The van der Waals surface area contributed by atoms with E-state index in [9.17, 15) is 0 Å². The van der Waals surface area contributed by atoms with Crippen LogP contribution >= 0.6 is 0 Å². The minimum Gasteiger partial charge on any atom is -0.294 e. The summed E-state index contributed by atoms with van der Waals surface area (Å²) in [5.74, 6) is 1.79. The second kappa shape index (κ2) is 12.3. The molecule has 0 radical (unpaired) electrons. The van der Waals surface area contributed by atoms with Gasteiger partial charge in [0.25, 0.3) is 0 Å². The van der Waals surface area contributed by atoms with E-state index in [0.29, 0.717) is 11.8 Å². The normalized spacial score (nSPS) is 12.3. The minimum absolute atomic E-state index is 0.417. The van der Waals surface area contributed by atoms with Gasteiger partial charge in [-0.2, -0.15) is 4.57 Å². The standard InChI is InChI=1S/C45H45N4Si/c1-30(2)36-17-13-18-37(31(3)4)45(36)32-24-25-46-44(26-32)49-40-19-9-8-16-38(40)39-23-22-35(28-43(39)49)50(6,7)34-15-12-14-33(27-34)48-29-47(5)41-20-10-11-21-42(41)48/h8-31H,1-7H3/q+1. The van der Waals surface area contributed by atoms with Crippen LogP contribution in [0.2, 0.25) is 13.1 Å². The second-order valence-electron chi connectivity index (χ2n) is 14.9. The van der Waals surface area contributed by atoms with Crippen LogP contribution in [0.4, 0.5) is 0 Å². The van der Waals surface area contributed by atoms with Gasteiger partial charge in [-0.05, 0) is 82.6 Å². The molecule has 0 amide bonds. The average Bonchev–Trinajstić information content (AvgIpc) is 3.65. The zero-order valence-electron chi connectivity index (χ0n) is 30.1. The SMILES string of the molecule is CC(C)c1cccc(C(C)C)c1-c1ccnc(-n2c3ccccc3c3ccc([Si](C)(C)c4cccc(-n5c[n+](C)c6ccccc65)c4)cc32)c1. The van der Waals surface area contributed by atoms with Crippen LogP contribution in [-0.4, -0.2) is 22.2 Å². The highest BCUT2D eigenvalue weighted by molar-refractivity contribution is 7.00. The molecule has 0 saturated carbocycles. The summed E-state index contributed by atoms with van der Waals surface area (Å²) in [6.07, 6.45) is 4.18. The number of nitrogens with zero attached hydrogens (tertiary/aromatic N) is 4. The van der Waals surface area contributed by atoms with E-state index in [0.717, 1.165) is 5.82 Å². The van der Waals surface area contributed by atoms with Gasteiger partial charge >= 0.3 is 0 Å². The van der Waals surface area contributed by atoms with Gasteiger partial charge in [-0.15, -0.1) is 0 Å². The summed E-state index contributed by atoms with van der Waals surface area (Å²) in [6, 6.07) is 45.0. The Morgan fingerprint density at radius 1 is 0.620 bits per heavy atom. The lowest BCUT2D eigenvalue weighted by Crippen LogP contribution is -2.52. The molecule has 5 heteroatoms. The van der Waals surface area contributed by atoms with Crippen LogP contribution in [0.15, 0.2) is 134 Å². The van der Waals surface area contributed by atoms with Crippen molar-refractivity contribution in [3.8, 4) is 22.6 Å². The maximum absolute atomic E-state index is 5.05. The van der Waals surface area contributed by atoms with Gasteiger partial charge in [0.1, 0.15) is 19.6 Å². The van der Waals surface area contributed by atoms with Crippen molar-refractivity contribution in [1.82, 2.24) is 14.1 Å². The third-order valence-corrected chi connectivity index (χ3v) is 14.2. The Morgan fingerprint density at radius 3 is 2.04 bits per heavy atom. The van der Waals surface area contributed by atoms with Crippen LogP contribution < -0.4 is 14.9 Å². The smallest absolute Gasteiger partial charge is 0.249 e. The van der Waals surface area contributed by atoms with Crippen LogP contribution in [-0.2, 0) is 7.05 Å². The molecule has 8 rings (SSSR count). The summed E-state index contributed by atoms with van der Waals surface area (Å²) in [7, 11) is -0.0105. The third-order valence-electron chi connectivity index (χ3n) is 10.7. The van der Waals surface area contributed by atoms with Gasteiger partial charge in [-0.1, -0.05) is 124 Å². The molecule has 5 aromatic carbocycles. The van der Waals surface area contributed by atoms with Crippen LogP contribution in [0.3, 0.4) is 0 Å². The lowest BCUT2D eigenvalue weighted by atomic mass is 9.85. The summed E-state index contributed by atoms with van der Waals surface area (Å²) in [5, 5.41) is 5.31. The van der Waals surface area contributed by atoms with E-state index in [1.807, 2.05) is 6.20 Å². The number of para-hydroxylation sites is 3. The molecule has 0 N–H and O–H groups in total. The van der Waals surface area contributed by atoms with E-state index >= 15 is 0 Å². The monoisotopic (exact) mass is 669 g/mol. The average molecular weight is 670 g/mol. The summed E-state index contributed by atoms with van der Waals surface area (Å²) >= 11 is 0. The van der Waals surface area contributed by atoms with E-state index < -0.39 is 8.07 Å². The lowest BCUT2D eigenvalue weighted by molar-refractivity contribution is -0.645. The van der Waals surface area contributed by atoms with Crippen molar-refractivity contribution in [2.45, 2.75) is 52.6 Å². The van der Waals surface area contributed by atoms with E-state index in [1.54, 1.807) is 0 Å². The quantitative estimate of drug-likeness (QED) is 0.123. The summed E-state index contributed by atoms with van der Waals surface area (Å²) in [6.45, 7) is 14.1. The van der Waals surface area contributed by atoms with Crippen molar-refractivity contribution in [3.63, 3.8) is 0 Å². The molecule has 0 bridgehead atoms. The zero-order chi connectivity index (χ0) is 34.7. The Kier molecular flexibility index (Phi) is 7.84. The molecule has 0 spiro atoms.